The number of carbonyl (C=O) groups excluding carboxylic acids is 2. The lowest BCUT2D eigenvalue weighted by Gasteiger charge is -2.25. The Balaban J connectivity index is 1.90. The number of amides is 2. The third kappa shape index (κ3) is 5.99. The van der Waals surface area contributed by atoms with Crippen LogP contribution < -0.4 is 10.6 Å². The zero-order valence-corrected chi connectivity index (χ0v) is 14.9. The second-order valence-electron chi connectivity index (χ2n) is 7.15. The molecule has 0 aliphatic heterocycles. The predicted octanol–water partition coefficient (Wildman–Crippen LogP) is 3.21. The second kappa shape index (κ2) is 9.45. The largest absolute Gasteiger partial charge is 0.352 e. The molecule has 0 saturated heterocycles. The first-order chi connectivity index (χ1) is 11.6. The maximum Gasteiger partial charge on any atom is 0.243 e. The molecule has 1 aromatic rings. The zero-order chi connectivity index (χ0) is 17.4. The summed E-state index contributed by atoms with van der Waals surface area (Å²) in [6.45, 7) is 3.94. The number of carbonyl (C=O) groups is 2. The van der Waals surface area contributed by atoms with Crippen molar-refractivity contribution < 1.29 is 9.59 Å². The third-order valence-electron chi connectivity index (χ3n) is 4.67. The molecule has 4 heteroatoms. The minimum absolute atomic E-state index is 0.0432. The highest BCUT2D eigenvalue weighted by Crippen LogP contribution is 2.17. The summed E-state index contributed by atoms with van der Waals surface area (Å²) in [6.07, 6.45) is 7.28. The molecule has 1 atom stereocenters. The van der Waals surface area contributed by atoms with Gasteiger partial charge >= 0.3 is 0 Å². The Hall–Kier alpha value is -1.84. The number of nitrogens with one attached hydrogen (secondary N) is 2. The molecule has 0 spiro atoms. The highest BCUT2D eigenvalue weighted by Gasteiger charge is 2.26. The van der Waals surface area contributed by atoms with Crippen LogP contribution in [0.1, 0.15) is 57.9 Å². The van der Waals surface area contributed by atoms with E-state index in [9.17, 15) is 9.59 Å². The van der Waals surface area contributed by atoms with Gasteiger partial charge in [0.05, 0.1) is 6.42 Å². The van der Waals surface area contributed by atoms with Crippen molar-refractivity contribution in [1.82, 2.24) is 10.6 Å². The van der Waals surface area contributed by atoms with Gasteiger partial charge in [0.2, 0.25) is 11.8 Å². The van der Waals surface area contributed by atoms with E-state index in [4.69, 9.17) is 0 Å². The van der Waals surface area contributed by atoms with Crippen LogP contribution in [-0.2, 0) is 16.0 Å². The lowest BCUT2D eigenvalue weighted by molar-refractivity contribution is -0.130. The van der Waals surface area contributed by atoms with Gasteiger partial charge in [0.25, 0.3) is 0 Å². The van der Waals surface area contributed by atoms with Gasteiger partial charge in [-0.15, -0.1) is 0 Å². The molecule has 0 unspecified atom stereocenters. The molecule has 1 aliphatic carbocycles. The molecular weight excluding hydrogens is 300 g/mol. The second-order valence-corrected chi connectivity index (χ2v) is 7.15. The van der Waals surface area contributed by atoms with Crippen LogP contribution >= 0.6 is 0 Å². The smallest absolute Gasteiger partial charge is 0.243 e. The minimum atomic E-state index is -0.468. The van der Waals surface area contributed by atoms with E-state index in [1.165, 1.54) is 25.7 Å². The average molecular weight is 330 g/mol. The third-order valence-corrected chi connectivity index (χ3v) is 4.67. The molecule has 0 bridgehead atoms. The highest BCUT2D eigenvalue weighted by molar-refractivity contribution is 5.88. The number of hydrogen-bond donors (Lipinski definition) is 2. The van der Waals surface area contributed by atoms with Gasteiger partial charge in [-0.3, -0.25) is 9.59 Å². The molecule has 2 N–H and O–H groups in total. The number of hydrogen-bond acceptors (Lipinski definition) is 2. The van der Waals surface area contributed by atoms with Crippen LogP contribution in [0, 0.1) is 5.92 Å². The van der Waals surface area contributed by atoms with Crippen LogP contribution in [-0.4, -0.2) is 23.9 Å². The summed E-state index contributed by atoms with van der Waals surface area (Å²) >= 11 is 0. The van der Waals surface area contributed by atoms with Crippen LogP contribution in [0.5, 0.6) is 0 Å². The van der Waals surface area contributed by atoms with Crippen LogP contribution in [0.2, 0.25) is 0 Å². The summed E-state index contributed by atoms with van der Waals surface area (Å²) in [5.74, 6) is -0.0790. The van der Waals surface area contributed by atoms with Gasteiger partial charge in [0, 0.05) is 6.04 Å². The van der Waals surface area contributed by atoms with E-state index in [0.29, 0.717) is 6.42 Å². The summed E-state index contributed by atoms with van der Waals surface area (Å²) in [5.41, 5.74) is 0.960. The van der Waals surface area contributed by atoms with Crippen LogP contribution in [0.25, 0.3) is 0 Å². The Bertz CT molecular complexity index is 520. The standard InChI is InChI=1S/C20H30N2O2/c1-15(2)19(20(24)21-17-12-8-3-4-9-13-17)22-18(23)14-16-10-6-5-7-11-16/h5-7,10-11,15,17,19H,3-4,8-9,12-14H2,1-2H3,(H,21,24)(H,22,23)/t19-/m1/s1. The fraction of sp³-hybridized carbons (Fsp3) is 0.600. The molecule has 0 radical (unpaired) electrons. The highest BCUT2D eigenvalue weighted by atomic mass is 16.2. The molecule has 24 heavy (non-hydrogen) atoms. The minimum Gasteiger partial charge on any atom is -0.352 e. The SMILES string of the molecule is CC(C)[C@@H](NC(=O)Cc1ccccc1)C(=O)NC1CCCCCC1. The number of benzene rings is 1. The van der Waals surface area contributed by atoms with E-state index in [1.807, 2.05) is 44.2 Å². The molecule has 1 fully saturated rings. The van der Waals surface area contributed by atoms with Crippen molar-refractivity contribution in [2.45, 2.75) is 70.9 Å². The van der Waals surface area contributed by atoms with E-state index in [2.05, 4.69) is 10.6 Å². The van der Waals surface area contributed by atoms with E-state index in [0.717, 1.165) is 18.4 Å². The fourth-order valence-corrected chi connectivity index (χ4v) is 3.26. The predicted molar refractivity (Wildman–Crippen MR) is 96.5 cm³/mol. The van der Waals surface area contributed by atoms with Crippen molar-refractivity contribution in [3.63, 3.8) is 0 Å². The molecule has 1 aromatic carbocycles. The summed E-state index contributed by atoms with van der Waals surface area (Å²) in [4.78, 5) is 24.9. The maximum atomic E-state index is 12.6. The van der Waals surface area contributed by atoms with Gasteiger partial charge in [-0.2, -0.15) is 0 Å². The summed E-state index contributed by atoms with van der Waals surface area (Å²) in [5, 5.41) is 6.07. The van der Waals surface area contributed by atoms with Gasteiger partial charge in [-0.25, -0.2) is 0 Å². The van der Waals surface area contributed by atoms with Gasteiger partial charge < -0.3 is 10.6 Å². The number of rotatable bonds is 6. The lowest BCUT2D eigenvalue weighted by atomic mass is 10.0. The van der Waals surface area contributed by atoms with E-state index >= 15 is 0 Å². The Morgan fingerprint density at radius 1 is 1.04 bits per heavy atom. The molecule has 0 heterocycles. The molecule has 1 aliphatic rings. The first-order valence-electron chi connectivity index (χ1n) is 9.20. The Labute approximate surface area is 145 Å². The maximum absolute atomic E-state index is 12.6. The first-order valence-corrected chi connectivity index (χ1v) is 9.20. The van der Waals surface area contributed by atoms with Crippen molar-refractivity contribution in [1.29, 1.82) is 0 Å². The van der Waals surface area contributed by atoms with Gasteiger partial charge in [0.1, 0.15) is 6.04 Å². The van der Waals surface area contributed by atoms with Crippen molar-refractivity contribution in [2.24, 2.45) is 5.92 Å². The average Bonchev–Trinajstić information content (AvgIpc) is 2.82. The molecule has 1 saturated carbocycles. The normalized spacial score (nSPS) is 17.1. The molecule has 2 amide bonds. The van der Waals surface area contributed by atoms with E-state index < -0.39 is 6.04 Å². The lowest BCUT2D eigenvalue weighted by Crippen LogP contribution is -2.52. The monoisotopic (exact) mass is 330 g/mol. The molecule has 2 rings (SSSR count). The zero-order valence-electron chi connectivity index (χ0n) is 14.9. The van der Waals surface area contributed by atoms with Crippen molar-refractivity contribution in [2.75, 3.05) is 0 Å². The molecule has 4 nitrogen and oxygen atoms in total. The van der Waals surface area contributed by atoms with Gasteiger partial charge in [-0.1, -0.05) is 69.9 Å². The van der Waals surface area contributed by atoms with Gasteiger partial charge in [-0.05, 0) is 24.3 Å². The Morgan fingerprint density at radius 3 is 2.25 bits per heavy atom. The summed E-state index contributed by atoms with van der Waals surface area (Å²) in [7, 11) is 0. The molecular formula is C20H30N2O2. The van der Waals surface area contributed by atoms with Crippen LogP contribution in [0.3, 0.4) is 0 Å². The quantitative estimate of drug-likeness (QED) is 0.787. The Morgan fingerprint density at radius 2 is 1.67 bits per heavy atom. The van der Waals surface area contributed by atoms with Crippen molar-refractivity contribution >= 4 is 11.8 Å². The molecule has 132 valence electrons. The van der Waals surface area contributed by atoms with Crippen molar-refractivity contribution in [3.8, 4) is 0 Å². The molecule has 0 aromatic heterocycles. The fourth-order valence-electron chi connectivity index (χ4n) is 3.26. The topological polar surface area (TPSA) is 58.2 Å². The first kappa shape index (κ1) is 18.5. The summed E-state index contributed by atoms with van der Waals surface area (Å²) < 4.78 is 0. The summed E-state index contributed by atoms with van der Waals surface area (Å²) in [6, 6.07) is 9.41. The van der Waals surface area contributed by atoms with Crippen molar-refractivity contribution in [3.05, 3.63) is 35.9 Å². The van der Waals surface area contributed by atoms with Crippen LogP contribution in [0.15, 0.2) is 30.3 Å². The van der Waals surface area contributed by atoms with Gasteiger partial charge in [0.15, 0.2) is 0 Å². The van der Waals surface area contributed by atoms with Crippen LogP contribution in [0.4, 0.5) is 0 Å². The van der Waals surface area contributed by atoms with E-state index in [-0.39, 0.29) is 23.8 Å². The Kier molecular flexibility index (Phi) is 7.29. The van der Waals surface area contributed by atoms with E-state index in [1.54, 1.807) is 0 Å².